The molecule has 0 unspecified atom stereocenters. The molecule has 0 amide bonds. The molecular formula is C14H25N5O3S. The number of anilines is 1. The van der Waals surface area contributed by atoms with E-state index in [0.717, 1.165) is 19.4 Å². The Labute approximate surface area is 138 Å². The molecule has 1 N–H and O–H groups in total. The van der Waals surface area contributed by atoms with Crippen molar-refractivity contribution in [2.75, 3.05) is 39.2 Å². The molecule has 1 saturated heterocycles. The van der Waals surface area contributed by atoms with Gasteiger partial charge in [-0.05, 0) is 12.3 Å². The average Bonchev–Trinajstić information content (AvgIpc) is 2.90. The normalized spacial score (nSPS) is 21.9. The summed E-state index contributed by atoms with van der Waals surface area (Å²) in [4.78, 5) is 10.6. The lowest BCUT2D eigenvalue weighted by atomic mass is 9.99. The number of hydrogen-bond donors (Lipinski definition) is 1. The van der Waals surface area contributed by atoms with Gasteiger partial charge in [-0.25, -0.2) is 4.98 Å². The molecule has 0 bridgehead atoms. The largest absolute Gasteiger partial charge is 0.481 e. The number of rotatable bonds is 7. The highest BCUT2D eigenvalue weighted by atomic mass is 32.2. The van der Waals surface area contributed by atoms with Gasteiger partial charge in [-0.1, -0.05) is 13.3 Å². The van der Waals surface area contributed by atoms with Crippen LogP contribution in [0.25, 0.3) is 0 Å². The number of methoxy groups -OCH3 is 1. The van der Waals surface area contributed by atoms with Crippen LogP contribution in [0.3, 0.4) is 0 Å². The monoisotopic (exact) mass is 343 g/mol. The summed E-state index contributed by atoms with van der Waals surface area (Å²) in [6.07, 6.45) is 3.59. The predicted molar refractivity (Wildman–Crippen MR) is 88.7 cm³/mol. The summed E-state index contributed by atoms with van der Waals surface area (Å²) < 4.78 is 33.4. The van der Waals surface area contributed by atoms with Crippen LogP contribution < -0.4 is 14.4 Å². The molecule has 1 aliphatic rings. The van der Waals surface area contributed by atoms with Crippen molar-refractivity contribution in [1.29, 1.82) is 0 Å². The van der Waals surface area contributed by atoms with Gasteiger partial charge in [-0.15, -0.1) is 0 Å². The molecule has 1 fully saturated rings. The molecular weight excluding hydrogens is 318 g/mol. The van der Waals surface area contributed by atoms with Crippen LogP contribution in [-0.2, 0) is 10.2 Å². The Bertz CT molecular complexity index is 623. The fourth-order valence-electron chi connectivity index (χ4n) is 2.73. The van der Waals surface area contributed by atoms with E-state index in [1.54, 1.807) is 19.4 Å². The van der Waals surface area contributed by atoms with Crippen LogP contribution in [0.5, 0.6) is 5.88 Å². The highest BCUT2D eigenvalue weighted by Crippen LogP contribution is 2.26. The molecule has 0 radical (unpaired) electrons. The zero-order valence-corrected chi connectivity index (χ0v) is 14.9. The van der Waals surface area contributed by atoms with E-state index in [-0.39, 0.29) is 12.0 Å². The third-order valence-corrected chi connectivity index (χ3v) is 5.55. The van der Waals surface area contributed by atoms with E-state index < -0.39 is 10.2 Å². The summed E-state index contributed by atoms with van der Waals surface area (Å²) in [5.74, 6) is 1.29. The molecule has 0 aromatic carbocycles. The minimum Gasteiger partial charge on any atom is -0.481 e. The quantitative estimate of drug-likeness (QED) is 0.775. The molecule has 1 aromatic heterocycles. The molecule has 1 aliphatic heterocycles. The van der Waals surface area contributed by atoms with Crippen LogP contribution in [0, 0.1) is 5.92 Å². The highest BCUT2D eigenvalue weighted by molar-refractivity contribution is 7.87. The third kappa shape index (κ3) is 4.30. The van der Waals surface area contributed by atoms with Crippen molar-refractivity contribution < 1.29 is 13.2 Å². The van der Waals surface area contributed by atoms with Crippen LogP contribution >= 0.6 is 0 Å². The molecule has 2 atom stereocenters. The zero-order chi connectivity index (χ0) is 17.0. The Hall–Kier alpha value is -1.45. The third-order valence-electron chi connectivity index (χ3n) is 3.99. The number of aromatic nitrogens is 2. The van der Waals surface area contributed by atoms with Gasteiger partial charge in [-0.2, -0.15) is 22.4 Å². The smallest absolute Gasteiger partial charge is 0.279 e. The molecule has 1 aromatic rings. The molecule has 23 heavy (non-hydrogen) atoms. The first-order valence-electron chi connectivity index (χ1n) is 7.69. The van der Waals surface area contributed by atoms with E-state index in [1.165, 1.54) is 18.4 Å². The lowest BCUT2D eigenvalue weighted by Gasteiger charge is -2.21. The van der Waals surface area contributed by atoms with Gasteiger partial charge in [0.05, 0.1) is 7.11 Å². The number of nitrogens with one attached hydrogen (secondary N) is 1. The van der Waals surface area contributed by atoms with E-state index in [0.29, 0.717) is 18.4 Å². The van der Waals surface area contributed by atoms with Gasteiger partial charge in [0.1, 0.15) is 0 Å². The first kappa shape index (κ1) is 17.9. The Morgan fingerprint density at radius 3 is 2.78 bits per heavy atom. The predicted octanol–water partition coefficient (Wildman–Crippen LogP) is 0.486. The van der Waals surface area contributed by atoms with Gasteiger partial charge >= 0.3 is 0 Å². The Kier molecular flexibility index (Phi) is 5.77. The summed E-state index contributed by atoms with van der Waals surface area (Å²) in [5.41, 5.74) is 0. The highest BCUT2D eigenvalue weighted by Gasteiger charge is 2.36. The van der Waals surface area contributed by atoms with E-state index in [4.69, 9.17) is 4.74 Å². The standard InChI is InChI=1S/C14H25N5O3S/c1-5-6-11-9-19(14-15-8-7-13(16-14)22-4)10-12(11)17-23(20,21)18(2)3/h7-8,11-12,17H,5-6,9-10H2,1-4H3/t11-,12-/m1/s1. The minimum absolute atomic E-state index is 0.155. The first-order chi connectivity index (χ1) is 10.9. The summed E-state index contributed by atoms with van der Waals surface area (Å²) in [5, 5.41) is 0. The van der Waals surface area contributed by atoms with Gasteiger partial charge in [0, 0.05) is 45.5 Å². The molecule has 2 heterocycles. The average molecular weight is 343 g/mol. The van der Waals surface area contributed by atoms with E-state index >= 15 is 0 Å². The van der Waals surface area contributed by atoms with Crippen LogP contribution in [0.2, 0.25) is 0 Å². The molecule has 8 nitrogen and oxygen atoms in total. The van der Waals surface area contributed by atoms with Crippen molar-refractivity contribution in [3.8, 4) is 5.88 Å². The minimum atomic E-state index is -3.46. The van der Waals surface area contributed by atoms with Crippen molar-refractivity contribution in [2.24, 2.45) is 5.92 Å². The van der Waals surface area contributed by atoms with Crippen molar-refractivity contribution >= 4 is 16.2 Å². The second-order valence-electron chi connectivity index (χ2n) is 5.86. The molecule has 130 valence electrons. The number of ether oxygens (including phenoxy) is 1. The molecule has 0 spiro atoms. The lowest BCUT2D eigenvalue weighted by molar-refractivity contribution is 0.397. The second-order valence-corrected chi connectivity index (χ2v) is 7.78. The first-order valence-corrected chi connectivity index (χ1v) is 9.13. The van der Waals surface area contributed by atoms with Crippen molar-refractivity contribution in [3.05, 3.63) is 12.3 Å². The van der Waals surface area contributed by atoms with E-state index in [1.807, 2.05) is 4.90 Å². The van der Waals surface area contributed by atoms with Gasteiger partial charge in [0.2, 0.25) is 11.8 Å². The van der Waals surface area contributed by atoms with Crippen LogP contribution in [0.1, 0.15) is 19.8 Å². The lowest BCUT2D eigenvalue weighted by Crippen LogP contribution is -2.45. The van der Waals surface area contributed by atoms with Crippen LogP contribution in [0.4, 0.5) is 5.95 Å². The van der Waals surface area contributed by atoms with E-state index in [2.05, 4.69) is 21.6 Å². The van der Waals surface area contributed by atoms with Gasteiger partial charge < -0.3 is 9.64 Å². The summed E-state index contributed by atoms with van der Waals surface area (Å²) in [6.45, 7) is 3.37. The zero-order valence-electron chi connectivity index (χ0n) is 14.1. The topological polar surface area (TPSA) is 87.7 Å². The summed E-state index contributed by atoms with van der Waals surface area (Å²) in [7, 11) is 1.15. The van der Waals surface area contributed by atoms with Gasteiger partial charge in [0.25, 0.3) is 10.2 Å². The van der Waals surface area contributed by atoms with Crippen molar-refractivity contribution in [2.45, 2.75) is 25.8 Å². The fraction of sp³-hybridized carbons (Fsp3) is 0.714. The fourth-order valence-corrected chi connectivity index (χ4v) is 3.59. The Morgan fingerprint density at radius 2 is 2.17 bits per heavy atom. The van der Waals surface area contributed by atoms with Crippen molar-refractivity contribution in [1.82, 2.24) is 19.0 Å². The molecule has 2 rings (SSSR count). The number of hydrogen-bond acceptors (Lipinski definition) is 6. The Balaban J connectivity index is 2.17. The maximum Gasteiger partial charge on any atom is 0.279 e. The van der Waals surface area contributed by atoms with Gasteiger partial charge in [-0.3, -0.25) is 0 Å². The van der Waals surface area contributed by atoms with Crippen LogP contribution in [-0.4, -0.2) is 63.0 Å². The molecule has 0 aliphatic carbocycles. The van der Waals surface area contributed by atoms with Crippen LogP contribution in [0.15, 0.2) is 12.3 Å². The maximum absolute atomic E-state index is 12.1. The second kappa shape index (κ2) is 7.41. The summed E-state index contributed by atoms with van der Waals surface area (Å²) in [6, 6.07) is 1.53. The van der Waals surface area contributed by atoms with Gasteiger partial charge in [0.15, 0.2) is 0 Å². The Morgan fingerprint density at radius 1 is 1.43 bits per heavy atom. The van der Waals surface area contributed by atoms with Crippen molar-refractivity contribution in [3.63, 3.8) is 0 Å². The maximum atomic E-state index is 12.1. The number of nitrogens with zero attached hydrogens (tertiary/aromatic N) is 4. The van der Waals surface area contributed by atoms with E-state index in [9.17, 15) is 8.42 Å². The molecule has 9 heteroatoms. The SMILES string of the molecule is CCC[C@@H]1CN(c2nccc(OC)n2)C[C@H]1NS(=O)(=O)N(C)C. The molecule has 0 saturated carbocycles. The summed E-state index contributed by atoms with van der Waals surface area (Å²) >= 11 is 0.